The molecule has 0 saturated carbocycles. The van der Waals surface area contributed by atoms with E-state index >= 15 is 0 Å². The molecular weight excluding hydrogens is 554 g/mol. The van der Waals surface area contributed by atoms with Crippen molar-refractivity contribution in [3.05, 3.63) is 104 Å². The van der Waals surface area contributed by atoms with Gasteiger partial charge < -0.3 is 9.84 Å². The van der Waals surface area contributed by atoms with Crippen molar-refractivity contribution in [2.75, 3.05) is 7.11 Å². The number of thiazole rings is 1. The van der Waals surface area contributed by atoms with Crippen LogP contribution in [0.1, 0.15) is 20.8 Å². The standard InChI is InChI=1S/C28H20ClN5O3S2/c1-37-23-13-17(11-12-22(23)35)15-30-26-24(39-28(38)34(26)20-8-3-2-4-9-20)27(36)33-31-16-19-14-18-7-5-6-10-21(18)32-25(19)29/h2-16,35H,1H3,(H,33,36)/b30-15+,31-16+. The summed E-state index contributed by atoms with van der Waals surface area (Å²) in [5.74, 6) is 0.161. The van der Waals surface area contributed by atoms with Crippen LogP contribution in [0.3, 0.4) is 0 Å². The van der Waals surface area contributed by atoms with E-state index < -0.39 is 5.91 Å². The molecule has 0 saturated heterocycles. The van der Waals surface area contributed by atoms with Gasteiger partial charge in [0.05, 0.1) is 18.8 Å². The van der Waals surface area contributed by atoms with Crippen molar-refractivity contribution in [3.8, 4) is 17.2 Å². The maximum Gasteiger partial charge on any atom is 0.285 e. The van der Waals surface area contributed by atoms with Crippen LogP contribution < -0.4 is 10.2 Å². The monoisotopic (exact) mass is 573 g/mol. The molecule has 5 rings (SSSR count). The zero-order chi connectivity index (χ0) is 27.4. The average molecular weight is 574 g/mol. The molecule has 5 aromatic rings. The van der Waals surface area contributed by atoms with Crippen molar-refractivity contribution in [1.82, 2.24) is 15.0 Å². The van der Waals surface area contributed by atoms with Gasteiger partial charge in [-0.25, -0.2) is 15.4 Å². The number of carbonyl (C=O) groups excluding carboxylic acids is 1. The van der Waals surface area contributed by atoms with E-state index in [2.05, 4.69) is 20.5 Å². The molecule has 0 bridgehead atoms. The molecule has 0 fully saturated rings. The van der Waals surface area contributed by atoms with E-state index in [4.69, 9.17) is 28.6 Å². The molecule has 39 heavy (non-hydrogen) atoms. The normalized spacial score (nSPS) is 11.4. The second kappa shape index (κ2) is 11.6. The highest BCUT2D eigenvalue weighted by atomic mass is 35.5. The summed E-state index contributed by atoms with van der Waals surface area (Å²) in [6.45, 7) is 0. The van der Waals surface area contributed by atoms with Crippen LogP contribution in [-0.2, 0) is 0 Å². The van der Waals surface area contributed by atoms with Gasteiger partial charge in [0.25, 0.3) is 5.91 Å². The van der Waals surface area contributed by atoms with Gasteiger partial charge in [0.2, 0.25) is 0 Å². The second-order valence-electron chi connectivity index (χ2n) is 8.14. The van der Waals surface area contributed by atoms with Gasteiger partial charge in [0.1, 0.15) is 10.0 Å². The predicted molar refractivity (Wildman–Crippen MR) is 158 cm³/mol. The summed E-state index contributed by atoms with van der Waals surface area (Å²) in [6.07, 6.45) is 3.01. The van der Waals surface area contributed by atoms with Crippen LogP contribution in [0.5, 0.6) is 11.5 Å². The maximum absolute atomic E-state index is 13.3. The Morgan fingerprint density at radius 2 is 1.87 bits per heavy atom. The van der Waals surface area contributed by atoms with Crippen LogP contribution in [0.15, 0.2) is 89.0 Å². The van der Waals surface area contributed by atoms with Gasteiger partial charge in [-0.15, -0.1) is 0 Å². The minimum Gasteiger partial charge on any atom is -0.504 e. The highest BCUT2D eigenvalue weighted by Gasteiger charge is 2.20. The molecule has 2 aromatic heterocycles. The van der Waals surface area contributed by atoms with Gasteiger partial charge in [-0.2, -0.15) is 5.10 Å². The number of nitrogens with zero attached hydrogens (tertiary/aromatic N) is 4. The van der Waals surface area contributed by atoms with Gasteiger partial charge in [-0.3, -0.25) is 9.36 Å². The SMILES string of the molecule is COc1cc(/C=N/c2c(C(=O)N/N=C/c3cc4ccccc4nc3Cl)sc(=S)n2-c2ccccc2)ccc1O. The number of phenolic OH excluding ortho intramolecular Hbond substituents is 1. The number of aromatic hydroxyl groups is 1. The van der Waals surface area contributed by atoms with Crippen LogP contribution in [0.4, 0.5) is 5.82 Å². The van der Waals surface area contributed by atoms with Crippen molar-refractivity contribution in [3.63, 3.8) is 0 Å². The Balaban J connectivity index is 1.48. The first-order chi connectivity index (χ1) is 18.9. The molecule has 2 heterocycles. The Labute approximate surface area is 237 Å². The number of para-hydroxylation sites is 2. The van der Waals surface area contributed by atoms with Crippen LogP contribution in [0.25, 0.3) is 16.6 Å². The van der Waals surface area contributed by atoms with E-state index in [-0.39, 0.29) is 15.8 Å². The topological polar surface area (TPSA) is 101 Å². The number of rotatable bonds is 7. The van der Waals surface area contributed by atoms with Gasteiger partial charge in [-0.05, 0) is 60.2 Å². The number of hydrogen-bond acceptors (Lipinski definition) is 8. The number of hydrazone groups is 1. The number of ether oxygens (including phenoxy) is 1. The number of aliphatic imine (C=N–C) groups is 1. The smallest absolute Gasteiger partial charge is 0.285 e. The number of benzene rings is 3. The van der Waals surface area contributed by atoms with E-state index in [0.29, 0.717) is 26.6 Å². The molecule has 0 atom stereocenters. The van der Waals surface area contributed by atoms with Gasteiger partial charge in [-0.1, -0.05) is 59.3 Å². The van der Waals surface area contributed by atoms with Crippen molar-refractivity contribution in [2.45, 2.75) is 0 Å². The van der Waals surface area contributed by atoms with Crippen LogP contribution in [0, 0.1) is 3.95 Å². The summed E-state index contributed by atoms with van der Waals surface area (Å²) in [5, 5.41) is 15.2. The number of fused-ring (bicyclic) bond motifs is 1. The molecule has 0 spiro atoms. The molecule has 194 valence electrons. The highest BCUT2D eigenvalue weighted by Crippen LogP contribution is 2.32. The third kappa shape index (κ3) is 5.73. The lowest BCUT2D eigenvalue weighted by molar-refractivity contribution is 0.0959. The van der Waals surface area contributed by atoms with Crippen LogP contribution in [-0.4, -0.2) is 40.1 Å². The molecule has 0 unspecified atom stereocenters. The number of phenols is 1. The van der Waals surface area contributed by atoms with E-state index in [0.717, 1.165) is 27.9 Å². The Bertz CT molecular complexity index is 1800. The van der Waals surface area contributed by atoms with Crippen LogP contribution in [0.2, 0.25) is 5.15 Å². The maximum atomic E-state index is 13.3. The molecule has 8 nitrogen and oxygen atoms in total. The fraction of sp³-hybridized carbons (Fsp3) is 0.0357. The average Bonchev–Trinajstić information content (AvgIpc) is 3.29. The van der Waals surface area contributed by atoms with Gasteiger partial charge in [0, 0.05) is 22.9 Å². The molecule has 1 amide bonds. The number of aromatic nitrogens is 2. The molecule has 11 heteroatoms. The quantitative estimate of drug-likeness (QED) is 0.0976. The summed E-state index contributed by atoms with van der Waals surface area (Å²) < 4.78 is 7.34. The van der Waals surface area contributed by atoms with Crippen molar-refractivity contribution < 1.29 is 14.6 Å². The fourth-order valence-corrected chi connectivity index (χ4v) is 5.22. The third-order valence-electron chi connectivity index (χ3n) is 5.62. The lowest BCUT2D eigenvalue weighted by Crippen LogP contribution is -2.17. The Kier molecular flexibility index (Phi) is 7.78. The molecule has 0 aliphatic carbocycles. The summed E-state index contributed by atoms with van der Waals surface area (Å²) in [4.78, 5) is 22.5. The van der Waals surface area contributed by atoms with E-state index in [1.807, 2.05) is 60.7 Å². The number of halogens is 1. The minimum atomic E-state index is -0.489. The fourth-order valence-electron chi connectivity index (χ4n) is 3.76. The summed E-state index contributed by atoms with van der Waals surface area (Å²) in [6, 6.07) is 23.6. The first kappa shape index (κ1) is 26.2. The van der Waals surface area contributed by atoms with Gasteiger partial charge in [0.15, 0.2) is 21.3 Å². The number of methoxy groups -OCH3 is 1. The lowest BCUT2D eigenvalue weighted by atomic mass is 10.2. The minimum absolute atomic E-state index is 0.0111. The summed E-state index contributed by atoms with van der Waals surface area (Å²) in [5.41, 5.74) is 5.28. The van der Waals surface area contributed by atoms with Crippen molar-refractivity contribution in [1.29, 1.82) is 0 Å². The summed E-state index contributed by atoms with van der Waals surface area (Å²) >= 11 is 13.0. The molecule has 3 aromatic carbocycles. The molecule has 2 N–H and O–H groups in total. The first-order valence-corrected chi connectivity index (χ1v) is 13.2. The number of hydrogen-bond donors (Lipinski definition) is 2. The summed E-state index contributed by atoms with van der Waals surface area (Å²) in [7, 11) is 1.46. The Hall–Kier alpha value is -4.38. The number of amides is 1. The van der Waals surface area contributed by atoms with Crippen molar-refractivity contribution in [2.24, 2.45) is 10.1 Å². The molecular formula is C28H20ClN5O3S2. The van der Waals surface area contributed by atoms with Gasteiger partial charge >= 0.3 is 0 Å². The third-order valence-corrected chi connectivity index (χ3v) is 7.29. The number of carbonyl (C=O) groups is 1. The first-order valence-electron chi connectivity index (χ1n) is 11.6. The zero-order valence-corrected chi connectivity index (χ0v) is 22.8. The Morgan fingerprint density at radius 3 is 2.67 bits per heavy atom. The molecule has 0 aliphatic heterocycles. The zero-order valence-electron chi connectivity index (χ0n) is 20.4. The Morgan fingerprint density at radius 1 is 1.10 bits per heavy atom. The highest BCUT2D eigenvalue weighted by molar-refractivity contribution is 7.73. The van der Waals surface area contributed by atoms with Crippen molar-refractivity contribution >= 4 is 70.2 Å². The number of nitrogens with one attached hydrogen (secondary N) is 1. The van der Waals surface area contributed by atoms with E-state index in [1.54, 1.807) is 22.9 Å². The lowest BCUT2D eigenvalue weighted by Gasteiger charge is -2.07. The van der Waals surface area contributed by atoms with Crippen LogP contribution >= 0.6 is 35.2 Å². The predicted octanol–water partition coefficient (Wildman–Crippen LogP) is 6.70. The van der Waals surface area contributed by atoms with E-state index in [9.17, 15) is 9.90 Å². The molecule has 0 aliphatic rings. The van der Waals surface area contributed by atoms with E-state index in [1.165, 1.54) is 19.4 Å². The largest absolute Gasteiger partial charge is 0.504 e. The molecule has 0 radical (unpaired) electrons. The number of pyridine rings is 1. The second-order valence-corrected chi connectivity index (χ2v) is 10.1.